The van der Waals surface area contributed by atoms with E-state index in [1.165, 1.54) is 22.4 Å². The van der Waals surface area contributed by atoms with Crippen molar-refractivity contribution in [3.63, 3.8) is 0 Å². The molecular weight excluding hydrogens is 597 g/mol. The Morgan fingerprint density at radius 2 is 1.29 bits per heavy atom. The second-order valence-electron chi connectivity index (χ2n) is 12.3. The van der Waals surface area contributed by atoms with Crippen LogP contribution in [0.15, 0.2) is 163 Å². The molecule has 4 aromatic carbocycles. The third-order valence-corrected chi connectivity index (χ3v) is 9.13. The van der Waals surface area contributed by atoms with Gasteiger partial charge in [-0.1, -0.05) is 91.1 Å². The van der Waals surface area contributed by atoms with Gasteiger partial charge in [-0.05, 0) is 113 Å². The topological polar surface area (TPSA) is 41.4 Å². The lowest BCUT2D eigenvalue weighted by Crippen LogP contribution is -2.10. The van der Waals surface area contributed by atoms with Crippen LogP contribution in [0.3, 0.4) is 0 Å². The maximum absolute atomic E-state index is 4.78. The zero-order valence-corrected chi connectivity index (χ0v) is 27.3. The van der Waals surface area contributed by atoms with Crippen LogP contribution in [0.25, 0.3) is 44.8 Å². The third kappa shape index (κ3) is 6.67. The number of nitrogens with zero attached hydrogens (tertiary/aromatic N) is 4. The first-order chi connectivity index (χ1) is 24.3. The highest BCUT2D eigenvalue weighted by Crippen LogP contribution is 2.38. The Labute approximate surface area is 287 Å². The lowest BCUT2D eigenvalue weighted by molar-refractivity contribution is 0.928. The number of aromatic nitrogens is 2. The van der Waals surface area contributed by atoms with Gasteiger partial charge in [0.05, 0.1) is 12.1 Å². The van der Waals surface area contributed by atoms with Crippen LogP contribution in [0.5, 0.6) is 0 Å². The highest BCUT2D eigenvalue weighted by atomic mass is 15.1. The number of aliphatic imine (C=N–C) groups is 1. The summed E-state index contributed by atoms with van der Waals surface area (Å²) in [5, 5.41) is 1.14. The average Bonchev–Trinajstić information content (AvgIpc) is 3.17. The minimum Gasteiger partial charge on any atom is -0.311 e. The first-order valence-electron chi connectivity index (χ1n) is 16.9. The van der Waals surface area contributed by atoms with Gasteiger partial charge in [0, 0.05) is 52.3 Å². The molecule has 1 aliphatic carbocycles. The van der Waals surface area contributed by atoms with E-state index in [1.807, 2.05) is 24.7 Å². The fourth-order valence-corrected chi connectivity index (χ4v) is 6.51. The molecule has 236 valence electrons. The van der Waals surface area contributed by atoms with Gasteiger partial charge in [-0.2, -0.15) is 0 Å². The van der Waals surface area contributed by atoms with E-state index in [4.69, 9.17) is 4.98 Å². The van der Waals surface area contributed by atoms with Crippen LogP contribution in [0.2, 0.25) is 0 Å². The smallest absolute Gasteiger partial charge is 0.0702 e. The van der Waals surface area contributed by atoms with Crippen molar-refractivity contribution < 1.29 is 0 Å². The predicted molar refractivity (Wildman–Crippen MR) is 207 cm³/mol. The molecule has 6 aromatic rings. The molecule has 4 nitrogen and oxygen atoms in total. The maximum Gasteiger partial charge on any atom is 0.0702 e. The largest absolute Gasteiger partial charge is 0.311 e. The highest BCUT2D eigenvalue weighted by molar-refractivity contribution is 6.10. The number of benzene rings is 4. The number of pyridine rings is 2. The van der Waals surface area contributed by atoms with Crippen LogP contribution in [-0.2, 0) is 6.42 Å². The number of anilines is 3. The minimum absolute atomic E-state index is 0.674. The van der Waals surface area contributed by atoms with E-state index in [1.54, 1.807) is 0 Å². The summed E-state index contributed by atoms with van der Waals surface area (Å²) in [5.74, 6) is 0. The fourth-order valence-electron chi connectivity index (χ4n) is 6.51. The predicted octanol–water partition coefficient (Wildman–Crippen LogP) is 11.4. The van der Waals surface area contributed by atoms with Gasteiger partial charge >= 0.3 is 0 Å². The lowest BCUT2D eigenvalue weighted by Gasteiger charge is -2.26. The number of aryl methyl sites for hydroxylation is 1. The molecule has 0 fully saturated rings. The van der Waals surface area contributed by atoms with Crippen molar-refractivity contribution in [2.75, 3.05) is 11.4 Å². The van der Waals surface area contributed by atoms with Gasteiger partial charge in [-0.3, -0.25) is 15.0 Å². The van der Waals surface area contributed by atoms with Crippen molar-refractivity contribution in [3.8, 4) is 22.3 Å². The molecule has 8 rings (SSSR count). The van der Waals surface area contributed by atoms with Crippen LogP contribution < -0.4 is 4.90 Å². The summed E-state index contributed by atoms with van der Waals surface area (Å²) in [6.07, 6.45) is 23.8. The molecule has 0 saturated heterocycles. The van der Waals surface area contributed by atoms with Gasteiger partial charge in [0.1, 0.15) is 0 Å². The summed E-state index contributed by atoms with van der Waals surface area (Å²) < 4.78 is 0. The van der Waals surface area contributed by atoms with Gasteiger partial charge in [0.25, 0.3) is 0 Å². The van der Waals surface area contributed by atoms with E-state index < -0.39 is 0 Å². The number of fused-ring (bicyclic) bond motifs is 2. The van der Waals surface area contributed by atoms with Gasteiger partial charge in [-0.25, -0.2) is 0 Å². The molecule has 0 unspecified atom stereocenters. The normalized spacial score (nSPS) is 17.0. The van der Waals surface area contributed by atoms with E-state index in [0.29, 0.717) is 6.54 Å². The zero-order chi connectivity index (χ0) is 32.8. The number of rotatable bonds is 6. The number of hydrogen-bond donors (Lipinski definition) is 0. The van der Waals surface area contributed by atoms with E-state index in [2.05, 4.69) is 161 Å². The molecule has 4 heteroatoms. The van der Waals surface area contributed by atoms with E-state index in [0.717, 1.165) is 69.5 Å². The van der Waals surface area contributed by atoms with E-state index >= 15 is 0 Å². The molecule has 2 aromatic heterocycles. The van der Waals surface area contributed by atoms with Crippen LogP contribution in [0.4, 0.5) is 17.1 Å². The minimum atomic E-state index is 0.674. The zero-order valence-electron chi connectivity index (χ0n) is 27.3. The summed E-state index contributed by atoms with van der Waals surface area (Å²) >= 11 is 0. The fraction of sp³-hybridized carbons (Fsp3) is 0.0889. The lowest BCUT2D eigenvalue weighted by atomic mass is 9.98. The number of hydrogen-bond acceptors (Lipinski definition) is 4. The molecule has 0 radical (unpaired) electrons. The molecule has 0 atom stereocenters. The van der Waals surface area contributed by atoms with Gasteiger partial charge in [0.15, 0.2) is 0 Å². The van der Waals surface area contributed by atoms with Crippen molar-refractivity contribution in [2.24, 2.45) is 4.99 Å². The maximum atomic E-state index is 4.78. The monoisotopic (exact) mass is 632 g/mol. The Morgan fingerprint density at radius 1 is 0.592 bits per heavy atom. The Hall–Kier alpha value is -6.13. The van der Waals surface area contributed by atoms with Crippen LogP contribution in [0.1, 0.15) is 29.7 Å². The van der Waals surface area contributed by atoms with Gasteiger partial charge < -0.3 is 4.90 Å². The SMILES string of the molecule is C1=Cc2cc(-c3ccc(N(c4ccc(C5=C/C/C=C\C=C/C/N=C\5)cc4)c4ccc(-c5ccc6ncccc6c5)cc4)cc3)cnc2CC1. The van der Waals surface area contributed by atoms with Gasteiger partial charge in [0.2, 0.25) is 0 Å². The van der Waals surface area contributed by atoms with Crippen LogP contribution in [0, 0.1) is 0 Å². The van der Waals surface area contributed by atoms with Crippen molar-refractivity contribution in [1.29, 1.82) is 0 Å². The molecule has 0 spiro atoms. The second kappa shape index (κ2) is 13.9. The Bertz CT molecular complexity index is 2250. The molecule has 0 saturated carbocycles. The standard InChI is InChI=1S/C45H36N4/c1-2-4-10-39(31-46-27-7-3-1)34-15-22-42(23-16-34)49(41-20-13-33(14-21-41)36-19-26-45-38(29-36)11-8-28-47-45)43-24-17-35(18-25-43)40-30-37-9-5-6-12-44(37)48-32-40/h1-3,5,7-11,13-26,28-32H,4,6,12,27H2/b2-1-,7-3-,39-10+,46-31-. The molecule has 3 heterocycles. The summed E-state index contributed by atoms with van der Waals surface area (Å²) in [4.78, 5) is 16.2. The molecule has 0 amide bonds. The quantitative estimate of drug-likeness (QED) is 0.183. The van der Waals surface area contributed by atoms with Crippen molar-refractivity contribution >= 4 is 45.8 Å². The summed E-state index contributed by atoms with van der Waals surface area (Å²) in [5.41, 5.74) is 13.6. The van der Waals surface area contributed by atoms with Crippen molar-refractivity contribution in [3.05, 3.63) is 175 Å². The van der Waals surface area contributed by atoms with Crippen molar-refractivity contribution in [2.45, 2.75) is 19.3 Å². The molecule has 0 bridgehead atoms. The molecule has 1 aliphatic heterocycles. The van der Waals surface area contributed by atoms with E-state index in [-0.39, 0.29) is 0 Å². The van der Waals surface area contributed by atoms with Crippen LogP contribution in [-0.4, -0.2) is 22.7 Å². The van der Waals surface area contributed by atoms with E-state index in [9.17, 15) is 0 Å². The second-order valence-corrected chi connectivity index (χ2v) is 12.3. The summed E-state index contributed by atoms with van der Waals surface area (Å²) in [7, 11) is 0. The third-order valence-electron chi connectivity index (χ3n) is 9.13. The van der Waals surface area contributed by atoms with Crippen LogP contribution >= 0.6 is 0 Å². The first-order valence-corrected chi connectivity index (χ1v) is 16.9. The molecule has 2 aliphatic rings. The Balaban J connectivity index is 1.14. The molecule has 0 N–H and O–H groups in total. The average molecular weight is 633 g/mol. The highest BCUT2D eigenvalue weighted by Gasteiger charge is 2.15. The number of allylic oxidation sites excluding steroid dienone is 6. The van der Waals surface area contributed by atoms with Gasteiger partial charge in [-0.15, -0.1) is 0 Å². The summed E-state index contributed by atoms with van der Waals surface area (Å²) in [6, 6.07) is 39.3. The summed E-state index contributed by atoms with van der Waals surface area (Å²) in [6.45, 7) is 0.674. The Morgan fingerprint density at radius 3 is 2.06 bits per heavy atom. The molecular formula is C45H36N4. The van der Waals surface area contributed by atoms with Crippen molar-refractivity contribution in [1.82, 2.24) is 9.97 Å². The molecule has 49 heavy (non-hydrogen) atoms. The first kappa shape index (κ1) is 30.2. The Kier molecular flexibility index (Phi) is 8.59.